The Hall–Kier alpha value is -1.29. The lowest BCUT2D eigenvalue weighted by molar-refractivity contribution is 0.151. The molecule has 1 amide bonds. The summed E-state index contributed by atoms with van der Waals surface area (Å²) >= 11 is 5.73. The number of halogens is 2. The molecule has 0 radical (unpaired) electrons. The van der Waals surface area contributed by atoms with Crippen LogP contribution >= 0.6 is 11.6 Å². The van der Waals surface area contributed by atoms with Crippen molar-refractivity contribution in [2.24, 2.45) is 0 Å². The molecule has 0 atom stereocenters. The van der Waals surface area contributed by atoms with Gasteiger partial charge in [0.25, 0.3) is 0 Å². The van der Waals surface area contributed by atoms with Crippen LogP contribution in [0.5, 0.6) is 0 Å². The molecule has 1 aromatic rings. The Balaban J connectivity index is 2.05. The van der Waals surface area contributed by atoms with Crippen LogP contribution in [0.4, 0.5) is 9.18 Å². The van der Waals surface area contributed by atoms with Crippen LogP contribution in [0.2, 0.25) is 5.02 Å². The number of amides is 1. The number of ether oxygens (including phenoxy) is 1. The summed E-state index contributed by atoms with van der Waals surface area (Å²) in [5.41, 5.74) is 0.324. The van der Waals surface area contributed by atoms with Gasteiger partial charge >= 0.3 is 6.09 Å². The van der Waals surface area contributed by atoms with Crippen molar-refractivity contribution in [3.05, 3.63) is 34.6 Å². The van der Waals surface area contributed by atoms with E-state index in [4.69, 9.17) is 16.3 Å². The van der Waals surface area contributed by atoms with Crippen LogP contribution in [0.3, 0.4) is 0 Å². The summed E-state index contributed by atoms with van der Waals surface area (Å²) in [5, 5.41) is 3.05. The molecule has 5 heteroatoms. The third-order valence-electron chi connectivity index (χ3n) is 3.20. The molecule has 3 nitrogen and oxygen atoms in total. The fourth-order valence-corrected chi connectivity index (χ4v) is 2.19. The molecule has 2 rings (SSSR count). The largest absolute Gasteiger partial charge is 0.450 e. The normalized spacial score (nSPS) is 16.2. The number of hydrogen-bond donors (Lipinski definition) is 1. The number of benzene rings is 1. The van der Waals surface area contributed by atoms with Crippen molar-refractivity contribution in [1.82, 2.24) is 5.32 Å². The van der Waals surface area contributed by atoms with E-state index >= 15 is 0 Å². The standard InChI is InChI=1S/C13H15ClFNO2/c1-2-18-12(17)16-8-13(5-6-13)10-4-3-9(14)7-11(10)15/h3-4,7H,2,5-6,8H2,1H3,(H,16,17). The van der Waals surface area contributed by atoms with Crippen molar-refractivity contribution >= 4 is 17.7 Å². The van der Waals surface area contributed by atoms with E-state index in [1.807, 2.05) is 0 Å². The number of hydrogen-bond acceptors (Lipinski definition) is 2. The lowest BCUT2D eigenvalue weighted by Gasteiger charge is -2.17. The predicted octanol–water partition coefficient (Wildman–Crippen LogP) is 3.26. The number of rotatable bonds is 4. The molecule has 0 aliphatic heterocycles. The molecule has 18 heavy (non-hydrogen) atoms. The van der Waals surface area contributed by atoms with Gasteiger partial charge in [0, 0.05) is 17.0 Å². The third-order valence-corrected chi connectivity index (χ3v) is 3.44. The van der Waals surface area contributed by atoms with E-state index in [0.29, 0.717) is 23.7 Å². The maximum absolute atomic E-state index is 13.8. The Labute approximate surface area is 110 Å². The quantitative estimate of drug-likeness (QED) is 0.913. The Morgan fingerprint density at radius 2 is 2.28 bits per heavy atom. The average molecular weight is 272 g/mol. The molecule has 98 valence electrons. The minimum Gasteiger partial charge on any atom is -0.450 e. The van der Waals surface area contributed by atoms with E-state index in [1.165, 1.54) is 6.07 Å². The van der Waals surface area contributed by atoms with Crippen molar-refractivity contribution in [3.63, 3.8) is 0 Å². The zero-order chi connectivity index (χ0) is 13.2. The van der Waals surface area contributed by atoms with Crippen molar-refractivity contribution in [2.45, 2.75) is 25.2 Å². The Morgan fingerprint density at radius 3 is 2.83 bits per heavy atom. The zero-order valence-corrected chi connectivity index (χ0v) is 10.9. The Bertz CT molecular complexity index is 460. The highest BCUT2D eigenvalue weighted by molar-refractivity contribution is 6.30. The minimum atomic E-state index is -0.460. The Kier molecular flexibility index (Phi) is 3.76. The van der Waals surface area contributed by atoms with Gasteiger partial charge in [-0.25, -0.2) is 9.18 Å². The summed E-state index contributed by atoms with van der Waals surface area (Å²) in [4.78, 5) is 11.2. The fraction of sp³-hybridized carbons (Fsp3) is 0.462. The van der Waals surface area contributed by atoms with Gasteiger partial charge in [0.1, 0.15) is 5.82 Å². The number of alkyl carbamates (subject to hydrolysis) is 1. The van der Waals surface area contributed by atoms with E-state index in [1.54, 1.807) is 19.1 Å². The summed E-state index contributed by atoms with van der Waals surface area (Å²) < 4.78 is 18.6. The highest BCUT2D eigenvalue weighted by Crippen LogP contribution is 2.48. The van der Waals surface area contributed by atoms with E-state index in [2.05, 4.69) is 5.32 Å². The van der Waals surface area contributed by atoms with Gasteiger partial charge in [-0.1, -0.05) is 17.7 Å². The number of carbonyl (C=O) groups excluding carboxylic acids is 1. The molecule has 1 aliphatic carbocycles. The molecule has 0 spiro atoms. The molecule has 1 aliphatic rings. The molecule has 1 N–H and O–H groups in total. The molecule has 1 saturated carbocycles. The zero-order valence-electron chi connectivity index (χ0n) is 10.1. The monoisotopic (exact) mass is 271 g/mol. The summed E-state index contributed by atoms with van der Waals surface area (Å²) in [7, 11) is 0. The second-order valence-electron chi connectivity index (χ2n) is 4.48. The van der Waals surface area contributed by atoms with E-state index < -0.39 is 6.09 Å². The van der Waals surface area contributed by atoms with E-state index in [0.717, 1.165) is 12.8 Å². The van der Waals surface area contributed by atoms with Crippen molar-refractivity contribution in [1.29, 1.82) is 0 Å². The van der Waals surface area contributed by atoms with Crippen LogP contribution < -0.4 is 5.32 Å². The molecule has 1 fully saturated rings. The summed E-state index contributed by atoms with van der Waals surface area (Å²) in [6, 6.07) is 4.67. The molecule has 0 saturated heterocycles. The van der Waals surface area contributed by atoms with Crippen molar-refractivity contribution in [2.75, 3.05) is 13.2 Å². The van der Waals surface area contributed by atoms with Gasteiger partial charge in [-0.3, -0.25) is 0 Å². The first kappa shape index (κ1) is 13.1. The van der Waals surface area contributed by atoms with Gasteiger partial charge < -0.3 is 10.1 Å². The van der Waals surface area contributed by atoms with Gasteiger partial charge in [-0.15, -0.1) is 0 Å². The van der Waals surface area contributed by atoms with Crippen LogP contribution in [0.15, 0.2) is 18.2 Å². The van der Waals surface area contributed by atoms with Gasteiger partial charge in [-0.05, 0) is 37.5 Å². The minimum absolute atomic E-state index is 0.290. The maximum atomic E-state index is 13.8. The highest BCUT2D eigenvalue weighted by Gasteiger charge is 2.46. The molecule has 0 heterocycles. The molecule has 0 unspecified atom stereocenters. The first-order chi connectivity index (χ1) is 8.57. The third kappa shape index (κ3) is 2.75. The predicted molar refractivity (Wildman–Crippen MR) is 67.3 cm³/mol. The molecular formula is C13H15ClFNO2. The van der Waals surface area contributed by atoms with Crippen LogP contribution in [-0.4, -0.2) is 19.2 Å². The van der Waals surface area contributed by atoms with Crippen LogP contribution in [-0.2, 0) is 10.2 Å². The smallest absolute Gasteiger partial charge is 0.407 e. The lowest BCUT2D eigenvalue weighted by atomic mass is 9.95. The second kappa shape index (κ2) is 5.14. The molecule has 0 bridgehead atoms. The number of nitrogens with one attached hydrogen (secondary N) is 1. The van der Waals surface area contributed by atoms with E-state index in [9.17, 15) is 9.18 Å². The van der Waals surface area contributed by atoms with Crippen molar-refractivity contribution < 1.29 is 13.9 Å². The van der Waals surface area contributed by atoms with Gasteiger partial charge in [0.15, 0.2) is 0 Å². The Morgan fingerprint density at radius 1 is 1.56 bits per heavy atom. The average Bonchev–Trinajstić information content (AvgIpc) is 3.08. The first-order valence-electron chi connectivity index (χ1n) is 5.93. The van der Waals surface area contributed by atoms with Crippen LogP contribution in [0.1, 0.15) is 25.3 Å². The first-order valence-corrected chi connectivity index (χ1v) is 6.31. The fourth-order valence-electron chi connectivity index (χ4n) is 2.04. The van der Waals surface area contributed by atoms with Gasteiger partial charge in [-0.2, -0.15) is 0 Å². The summed E-state index contributed by atoms with van der Waals surface area (Å²) in [6.07, 6.45) is 1.26. The number of carbonyl (C=O) groups is 1. The van der Waals surface area contributed by atoms with E-state index in [-0.39, 0.29) is 11.2 Å². The molecule has 0 aromatic heterocycles. The lowest BCUT2D eigenvalue weighted by Crippen LogP contribution is -2.33. The van der Waals surface area contributed by atoms with Crippen LogP contribution in [0, 0.1) is 5.82 Å². The SMILES string of the molecule is CCOC(=O)NCC1(c2ccc(Cl)cc2F)CC1. The van der Waals surface area contributed by atoms with Crippen molar-refractivity contribution in [3.8, 4) is 0 Å². The molecule has 1 aromatic carbocycles. The summed E-state index contributed by atoms with van der Waals surface area (Å²) in [6.45, 7) is 2.46. The van der Waals surface area contributed by atoms with Crippen LogP contribution in [0.25, 0.3) is 0 Å². The summed E-state index contributed by atoms with van der Waals surface area (Å²) in [5.74, 6) is -0.314. The van der Waals surface area contributed by atoms with Gasteiger partial charge in [0.2, 0.25) is 0 Å². The van der Waals surface area contributed by atoms with Gasteiger partial charge in [0.05, 0.1) is 6.61 Å². The maximum Gasteiger partial charge on any atom is 0.407 e. The highest BCUT2D eigenvalue weighted by atomic mass is 35.5. The second-order valence-corrected chi connectivity index (χ2v) is 4.91. The topological polar surface area (TPSA) is 38.3 Å². The molecular weight excluding hydrogens is 257 g/mol.